The highest BCUT2D eigenvalue weighted by molar-refractivity contribution is 6.63. The number of benzene rings is 1. The minimum absolute atomic E-state index is 0.0559. The first kappa shape index (κ1) is 11.9. The fourth-order valence-corrected chi connectivity index (χ4v) is 2.95. The standard InChI is InChI=1S/C13H14Cl2O/c14-12-4-2-1-3-11(12)9-5-7-10(8-6-9)13(15)16/h1-4,9-10H,5-8H2. The van der Waals surface area contributed by atoms with Crippen molar-refractivity contribution in [2.75, 3.05) is 0 Å². The van der Waals surface area contributed by atoms with Gasteiger partial charge in [0.05, 0.1) is 0 Å². The lowest BCUT2D eigenvalue weighted by atomic mass is 9.79. The maximum atomic E-state index is 11.0. The molecule has 0 aliphatic heterocycles. The van der Waals surface area contributed by atoms with Gasteiger partial charge in [0, 0.05) is 10.9 Å². The van der Waals surface area contributed by atoms with Gasteiger partial charge in [0.2, 0.25) is 5.24 Å². The Morgan fingerprint density at radius 3 is 2.31 bits per heavy atom. The second-order valence-electron chi connectivity index (χ2n) is 4.37. The highest BCUT2D eigenvalue weighted by atomic mass is 35.5. The van der Waals surface area contributed by atoms with Crippen LogP contribution in [0.2, 0.25) is 5.02 Å². The van der Waals surface area contributed by atoms with E-state index >= 15 is 0 Å². The smallest absolute Gasteiger partial charge is 0.224 e. The molecule has 86 valence electrons. The van der Waals surface area contributed by atoms with Crippen LogP contribution in [0.5, 0.6) is 0 Å². The Balaban J connectivity index is 2.05. The Morgan fingerprint density at radius 2 is 1.75 bits per heavy atom. The summed E-state index contributed by atoms with van der Waals surface area (Å²) in [5.41, 5.74) is 1.21. The van der Waals surface area contributed by atoms with Crippen molar-refractivity contribution in [3.8, 4) is 0 Å². The van der Waals surface area contributed by atoms with Crippen molar-refractivity contribution in [1.29, 1.82) is 0 Å². The van der Waals surface area contributed by atoms with Crippen molar-refractivity contribution in [1.82, 2.24) is 0 Å². The molecule has 0 heterocycles. The summed E-state index contributed by atoms with van der Waals surface area (Å²) in [5, 5.41) is 0.653. The monoisotopic (exact) mass is 256 g/mol. The predicted molar refractivity (Wildman–Crippen MR) is 67.0 cm³/mol. The van der Waals surface area contributed by atoms with Gasteiger partial charge in [0.15, 0.2) is 0 Å². The summed E-state index contributed by atoms with van der Waals surface area (Å²) in [6.07, 6.45) is 3.79. The van der Waals surface area contributed by atoms with Gasteiger partial charge in [0.25, 0.3) is 0 Å². The van der Waals surface area contributed by atoms with Crippen LogP contribution in [0.15, 0.2) is 24.3 Å². The molecule has 1 aliphatic carbocycles. The molecule has 0 amide bonds. The van der Waals surface area contributed by atoms with Gasteiger partial charge < -0.3 is 0 Å². The first-order valence-electron chi connectivity index (χ1n) is 5.62. The van der Waals surface area contributed by atoms with E-state index < -0.39 is 0 Å². The number of rotatable bonds is 2. The van der Waals surface area contributed by atoms with Gasteiger partial charge in [-0.25, -0.2) is 0 Å². The second-order valence-corrected chi connectivity index (χ2v) is 5.15. The molecule has 0 aromatic heterocycles. The van der Waals surface area contributed by atoms with E-state index in [0.717, 1.165) is 30.7 Å². The number of halogens is 2. The normalized spacial score (nSPS) is 25.4. The van der Waals surface area contributed by atoms with E-state index in [2.05, 4.69) is 6.07 Å². The first-order chi connectivity index (χ1) is 7.68. The molecular weight excluding hydrogens is 243 g/mol. The van der Waals surface area contributed by atoms with Gasteiger partial charge >= 0.3 is 0 Å². The molecule has 0 saturated heterocycles. The van der Waals surface area contributed by atoms with E-state index in [4.69, 9.17) is 23.2 Å². The molecule has 1 fully saturated rings. The molecule has 3 heteroatoms. The van der Waals surface area contributed by atoms with Crippen molar-refractivity contribution >= 4 is 28.4 Å². The molecule has 1 aliphatic rings. The van der Waals surface area contributed by atoms with Crippen molar-refractivity contribution in [2.45, 2.75) is 31.6 Å². The van der Waals surface area contributed by atoms with Gasteiger partial charge in [-0.2, -0.15) is 0 Å². The molecule has 1 nitrogen and oxygen atoms in total. The molecule has 0 N–H and O–H groups in total. The third kappa shape index (κ3) is 2.58. The number of hydrogen-bond acceptors (Lipinski definition) is 1. The van der Waals surface area contributed by atoms with Gasteiger partial charge in [0.1, 0.15) is 0 Å². The van der Waals surface area contributed by atoms with Crippen molar-refractivity contribution in [3.05, 3.63) is 34.9 Å². The molecule has 0 atom stereocenters. The molecule has 1 aromatic rings. The topological polar surface area (TPSA) is 17.1 Å². The van der Waals surface area contributed by atoms with Crippen LogP contribution in [-0.4, -0.2) is 5.24 Å². The average Bonchev–Trinajstić information content (AvgIpc) is 2.30. The number of carbonyl (C=O) groups is 1. The summed E-state index contributed by atoms with van der Waals surface area (Å²) in [7, 11) is 0. The Labute approximate surface area is 106 Å². The predicted octanol–water partition coefficient (Wildman–Crippen LogP) is 4.38. The lowest BCUT2D eigenvalue weighted by Gasteiger charge is -2.27. The quantitative estimate of drug-likeness (QED) is 0.718. The fraction of sp³-hybridized carbons (Fsp3) is 0.462. The molecule has 0 bridgehead atoms. The summed E-state index contributed by atoms with van der Waals surface area (Å²) in [6.45, 7) is 0. The molecule has 16 heavy (non-hydrogen) atoms. The van der Waals surface area contributed by atoms with Gasteiger partial charge in [-0.05, 0) is 54.8 Å². The van der Waals surface area contributed by atoms with E-state index in [0.29, 0.717) is 5.92 Å². The molecule has 0 unspecified atom stereocenters. The van der Waals surface area contributed by atoms with E-state index in [1.807, 2.05) is 18.2 Å². The minimum atomic E-state index is -0.183. The molecule has 0 spiro atoms. The highest BCUT2D eigenvalue weighted by Gasteiger charge is 2.26. The summed E-state index contributed by atoms with van der Waals surface area (Å²) in [5.74, 6) is 0.543. The Hall–Kier alpha value is -0.530. The third-order valence-electron chi connectivity index (χ3n) is 3.39. The Bertz CT molecular complexity index is 381. The Kier molecular flexibility index (Phi) is 3.88. The SMILES string of the molecule is O=C(Cl)C1CCC(c2ccccc2Cl)CC1. The van der Waals surface area contributed by atoms with Gasteiger partial charge in [-0.1, -0.05) is 29.8 Å². The zero-order valence-corrected chi connectivity index (χ0v) is 10.5. The van der Waals surface area contributed by atoms with Crippen LogP contribution in [0.25, 0.3) is 0 Å². The van der Waals surface area contributed by atoms with Gasteiger partial charge in [-0.3, -0.25) is 4.79 Å². The minimum Gasteiger partial charge on any atom is -0.281 e. The zero-order chi connectivity index (χ0) is 11.5. The van der Waals surface area contributed by atoms with Crippen molar-refractivity contribution < 1.29 is 4.79 Å². The van der Waals surface area contributed by atoms with E-state index in [9.17, 15) is 4.79 Å². The van der Waals surface area contributed by atoms with Crippen LogP contribution in [-0.2, 0) is 4.79 Å². The highest BCUT2D eigenvalue weighted by Crippen LogP contribution is 2.38. The maximum Gasteiger partial charge on any atom is 0.224 e. The van der Waals surface area contributed by atoms with Crippen LogP contribution < -0.4 is 0 Å². The van der Waals surface area contributed by atoms with E-state index in [1.165, 1.54) is 5.56 Å². The average molecular weight is 257 g/mol. The fourth-order valence-electron chi connectivity index (χ4n) is 2.44. The van der Waals surface area contributed by atoms with Crippen LogP contribution in [0.3, 0.4) is 0 Å². The third-order valence-corrected chi connectivity index (χ3v) is 4.05. The van der Waals surface area contributed by atoms with Gasteiger partial charge in [-0.15, -0.1) is 0 Å². The largest absolute Gasteiger partial charge is 0.281 e. The van der Waals surface area contributed by atoms with Crippen molar-refractivity contribution in [3.63, 3.8) is 0 Å². The summed E-state index contributed by atoms with van der Waals surface area (Å²) >= 11 is 11.7. The summed E-state index contributed by atoms with van der Waals surface area (Å²) < 4.78 is 0. The van der Waals surface area contributed by atoms with Crippen LogP contribution in [0.4, 0.5) is 0 Å². The van der Waals surface area contributed by atoms with Crippen LogP contribution in [0.1, 0.15) is 37.2 Å². The van der Waals surface area contributed by atoms with Crippen LogP contribution in [0, 0.1) is 5.92 Å². The maximum absolute atomic E-state index is 11.0. The van der Waals surface area contributed by atoms with E-state index in [-0.39, 0.29) is 11.2 Å². The van der Waals surface area contributed by atoms with E-state index in [1.54, 1.807) is 0 Å². The zero-order valence-electron chi connectivity index (χ0n) is 8.96. The lowest BCUT2D eigenvalue weighted by Crippen LogP contribution is -2.17. The Morgan fingerprint density at radius 1 is 1.12 bits per heavy atom. The number of hydrogen-bond donors (Lipinski definition) is 0. The van der Waals surface area contributed by atoms with Crippen molar-refractivity contribution in [2.24, 2.45) is 5.92 Å². The first-order valence-corrected chi connectivity index (χ1v) is 6.38. The second kappa shape index (κ2) is 5.20. The molecular formula is C13H14Cl2O. The summed E-state index contributed by atoms with van der Waals surface area (Å²) in [6, 6.07) is 7.96. The molecule has 2 rings (SSSR count). The lowest BCUT2D eigenvalue weighted by molar-refractivity contribution is -0.116. The molecule has 1 aromatic carbocycles. The van der Waals surface area contributed by atoms with Crippen LogP contribution >= 0.6 is 23.2 Å². The molecule has 1 saturated carbocycles. The summed E-state index contributed by atoms with van der Waals surface area (Å²) in [4.78, 5) is 11.0. The molecule has 0 radical (unpaired) electrons. The number of carbonyl (C=O) groups excluding carboxylic acids is 1.